The van der Waals surface area contributed by atoms with Crippen LogP contribution in [0.4, 0.5) is 26.3 Å². The fourth-order valence-corrected chi connectivity index (χ4v) is 1.52. The summed E-state index contributed by atoms with van der Waals surface area (Å²) in [6.45, 7) is 0.881. The number of halogens is 7. The standard InChI is InChI=1S/C5H5F6I/c1-2(12)3(4(6,7)8)5(9,10)11/h2-3H,1H3. The molecule has 0 bridgehead atoms. The van der Waals surface area contributed by atoms with Gasteiger partial charge in [0, 0.05) is 3.92 Å². The number of hydrogen-bond acceptors (Lipinski definition) is 0. The third kappa shape index (κ3) is 3.36. The minimum absolute atomic E-state index is 0.881. The maximum atomic E-state index is 11.7. The average molecular weight is 306 g/mol. The van der Waals surface area contributed by atoms with E-state index in [1.165, 1.54) is 0 Å². The molecule has 0 fully saturated rings. The zero-order valence-corrected chi connectivity index (χ0v) is 7.96. The Bertz CT molecular complexity index is 131. The lowest BCUT2D eigenvalue weighted by Gasteiger charge is -2.24. The Balaban J connectivity index is 4.70. The molecule has 0 aliphatic heterocycles. The molecule has 0 radical (unpaired) electrons. The zero-order valence-electron chi connectivity index (χ0n) is 5.80. The van der Waals surface area contributed by atoms with Gasteiger partial charge >= 0.3 is 12.4 Å². The van der Waals surface area contributed by atoms with Crippen molar-refractivity contribution in [2.75, 3.05) is 0 Å². The van der Waals surface area contributed by atoms with Crippen molar-refractivity contribution in [3.63, 3.8) is 0 Å². The predicted molar refractivity (Wildman–Crippen MR) is 39.1 cm³/mol. The van der Waals surface area contributed by atoms with E-state index in [9.17, 15) is 26.3 Å². The first-order valence-corrected chi connectivity index (χ1v) is 4.09. The van der Waals surface area contributed by atoms with E-state index in [-0.39, 0.29) is 0 Å². The summed E-state index contributed by atoms with van der Waals surface area (Å²) in [5.74, 6) is -3.23. The Kier molecular flexibility index (Phi) is 3.68. The van der Waals surface area contributed by atoms with Gasteiger partial charge in [-0.15, -0.1) is 0 Å². The highest BCUT2D eigenvalue weighted by Crippen LogP contribution is 2.43. The van der Waals surface area contributed by atoms with Gasteiger partial charge in [0.25, 0.3) is 0 Å². The highest BCUT2D eigenvalue weighted by molar-refractivity contribution is 14.1. The van der Waals surface area contributed by atoms with E-state index in [1.807, 2.05) is 0 Å². The number of rotatable bonds is 1. The van der Waals surface area contributed by atoms with Crippen LogP contribution in [0, 0.1) is 5.92 Å². The molecule has 74 valence electrons. The molecule has 0 saturated heterocycles. The minimum atomic E-state index is -5.21. The minimum Gasteiger partial charge on any atom is -0.170 e. The second-order valence-electron chi connectivity index (χ2n) is 2.24. The SMILES string of the molecule is CC(I)C(C(F)(F)F)C(F)(F)F. The van der Waals surface area contributed by atoms with Gasteiger partial charge < -0.3 is 0 Å². The molecule has 0 spiro atoms. The highest BCUT2D eigenvalue weighted by Gasteiger charge is 2.58. The van der Waals surface area contributed by atoms with Gasteiger partial charge in [-0.3, -0.25) is 0 Å². The summed E-state index contributed by atoms with van der Waals surface area (Å²) in [7, 11) is 0. The van der Waals surface area contributed by atoms with E-state index < -0.39 is 22.2 Å². The van der Waals surface area contributed by atoms with Crippen LogP contribution in [-0.4, -0.2) is 16.3 Å². The summed E-state index contributed by atoms with van der Waals surface area (Å²) >= 11 is 1.11. The van der Waals surface area contributed by atoms with E-state index in [0.717, 1.165) is 29.5 Å². The van der Waals surface area contributed by atoms with Gasteiger partial charge in [0.05, 0.1) is 0 Å². The molecule has 0 rings (SSSR count). The lowest BCUT2D eigenvalue weighted by Crippen LogP contribution is -2.41. The maximum absolute atomic E-state index is 11.7. The van der Waals surface area contributed by atoms with Crippen LogP contribution < -0.4 is 0 Å². The van der Waals surface area contributed by atoms with Gasteiger partial charge in [-0.1, -0.05) is 29.5 Å². The summed E-state index contributed by atoms with van der Waals surface area (Å²) in [6, 6.07) is 0. The third-order valence-electron chi connectivity index (χ3n) is 1.16. The molecule has 0 aliphatic rings. The quantitative estimate of drug-likeness (QED) is 0.395. The summed E-state index contributed by atoms with van der Waals surface area (Å²) in [6.07, 6.45) is -10.4. The third-order valence-corrected chi connectivity index (χ3v) is 1.88. The second kappa shape index (κ2) is 3.59. The Morgan fingerprint density at radius 2 is 1.17 bits per heavy atom. The van der Waals surface area contributed by atoms with Crippen LogP contribution in [0.25, 0.3) is 0 Å². The Labute approximate surface area is 78.5 Å². The molecular weight excluding hydrogens is 301 g/mol. The van der Waals surface area contributed by atoms with Gasteiger partial charge in [0.15, 0.2) is 5.92 Å². The lowest BCUT2D eigenvalue weighted by atomic mass is 10.1. The van der Waals surface area contributed by atoms with Crippen LogP contribution in [0.3, 0.4) is 0 Å². The molecular formula is C5H5F6I. The fourth-order valence-electron chi connectivity index (χ4n) is 0.706. The molecule has 0 nitrogen and oxygen atoms in total. The molecule has 0 aliphatic carbocycles. The van der Waals surface area contributed by atoms with Crippen molar-refractivity contribution in [1.29, 1.82) is 0 Å². The Morgan fingerprint density at radius 3 is 1.17 bits per heavy atom. The molecule has 7 heteroatoms. The zero-order chi connectivity index (χ0) is 10.2. The molecule has 0 aromatic rings. The summed E-state index contributed by atoms with van der Waals surface area (Å²) < 4.78 is 68.9. The van der Waals surface area contributed by atoms with Crippen molar-refractivity contribution in [2.24, 2.45) is 5.92 Å². The molecule has 0 N–H and O–H groups in total. The van der Waals surface area contributed by atoms with E-state index >= 15 is 0 Å². The van der Waals surface area contributed by atoms with Crippen LogP contribution in [0.15, 0.2) is 0 Å². The van der Waals surface area contributed by atoms with Crippen LogP contribution in [0.1, 0.15) is 6.92 Å². The number of hydrogen-bond donors (Lipinski definition) is 0. The fraction of sp³-hybridized carbons (Fsp3) is 1.00. The van der Waals surface area contributed by atoms with E-state index in [4.69, 9.17) is 0 Å². The smallest absolute Gasteiger partial charge is 0.170 e. The van der Waals surface area contributed by atoms with Gasteiger partial charge in [-0.2, -0.15) is 26.3 Å². The summed E-state index contributed by atoms with van der Waals surface area (Å²) in [5, 5.41) is 0. The second-order valence-corrected chi connectivity index (χ2v) is 4.20. The molecule has 0 heterocycles. The molecule has 0 saturated carbocycles. The predicted octanol–water partition coefficient (Wildman–Crippen LogP) is 3.55. The topological polar surface area (TPSA) is 0 Å². The molecule has 0 aromatic carbocycles. The van der Waals surface area contributed by atoms with Crippen molar-refractivity contribution < 1.29 is 26.3 Å². The van der Waals surface area contributed by atoms with Crippen molar-refractivity contribution in [3.05, 3.63) is 0 Å². The Hall–Kier alpha value is 0.310. The van der Waals surface area contributed by atoms with Crippen LogP contribution in [0.5, 0.6) is 0 Å². The molecule has 1 unspecified atom stereocenters. The van der Waals surface area contributed by atoms with Gasteiger partial charge in [-0.05, 0) is 0 Å². The van der Waals surface area contributed by atoms with Gasteiger partial charge in [-0.25, -0.2) is 0 Å². The van der Waals surface area contributed by atoms with Crippen LogP contribution >= 0.6 is 22.6 Å². The first kappa shape index (κ1) is 12.3. The van der Waals surface area contributed by atoms with Crippen LogP contribution in [0.2, 0.25) is 0 Å². The largest absolute Gasteiger partial charge is 0.401 e. The first-order chi connectivity index (χ1) is 5.07. The molecule has 12 heavy (non-hydrogen) atoms. The van der Waals surface area contributed by atoms with E-state index in [1.54, 1.807) is 0 Å². The van der Waals surface area contributed by atoms with Gasteiger partial charge in [0.1, 0.15) is 0 Å². The average Bonchev–Trinajstić information content (AvgIpc) is 1.49. The molecule has 0 amide bonds. The molecule has 0 aromatic heterocycles. The summed E-state index contributed by atoms with van der Waals surface area (Å²) in [4.78, 5) is 0. The molecule has 1 atom stereocenters. The monoisotopic (exact) mass is 306 g/mol. The van der Waals surface area contributed by atoms with Crippen molar-refractivity contribution in [2.45, 2.75) is 23.2 Å². The van der Waals surface area contributed by atoms with Crippen molar-refractivity contribution in [3.8, 4) is 0 Å². The van der Waals surface area contributed by atoms with Crippen molar-refractivity contribution >= 4 is 22.6 Å². The first-order valence-electron chi connectivity index (χ1n) is 2.84. The van der Waals surface area contributed by atoms with Crippen LogP contribution in [-0.2, 0) is 0 Å². The normalized spacial score (nSPS) is 16.8. The van der Waals surface area contributed by atoms with E-state index in [0.29, 0.717) is 0 Å². The summed E-state index contributed by atoms with van der Waals surface area (Å²) in [5.41, 5.74) is 0. The Morgan fingerprint density at radius 1 is 0.917 bits per heavy atom. The maximum Gasteiger partial charge on any atom is 0.401 e. The highest BCUT2D eigenvalue weighted by atomic mass is 127. The van der Waals surface area contributed by atoms with Gasteiger partial charge in [0.2, 0.25) is 0 Å². The number of alkyl halides is 7. The van der Waals surface area contributed by atoms with Crippen molar-refractivity contribution in [1.82, 2.24) is 0 Å². The lowest BCUT2D eigenvalue weighted by molar-refractivity contribution is -0.281. The van der Waals surface area contributed by atoms with E-state index in [2.05, 4.69) is 0 Å².